The molecule has 1 aromatic carbocycles. The topological polar surface area (TPSA) is 91.2 Å². The maximum absolute atomic E-state index is 12.8. The number of methoxy groups -OCH3 is 1. The summed E-state index contributed by atoms with van der Waals surface area (Å²) in [5, 5.41) is 3.47. The SMILES string of the molecule is COc1ncc(C2CCOCC2)c2sc(NC(=O)c3ccc(Cn4ccnc4)cc3)nc12. The van der Waals surface area contributed by atoms with E-state index in [0.29, 0.717) is 34.6 Å². The largest absolute Gasteiger partial charge is 0.479 e. The van der Waals surface area contributed by atoms with Gasteiger partial charge in [0.25, 0.3) is 5.91 Å². The first kappa shape index (κ1) is 20.6. The van der Waals surface area contributed by atoms with Gasteiger partial charge in [-0.25, -0.2) is 15.0 Å². The van der Waals surface area contributed by atoms with Gasteiger partial charge in [-0.3, -0.25) is 10.1 Å². The lowest BCUT2D eigenvalue weighted by atomic mass is 9.93. The Morgan fingerprint density at radius 2 is 2.09 bits per heavy atom. The average Bonchev–Trinajstić information content (AvgIpc) is 3.49. The number of anilines is 1. The summed E-state index contributed by atoms with van der Waals surface area (Å²) in [4.78, 5) is 26.0. The van der Waals surface area contributed by atoms with Crippen LogP contribution in [0.1, 0.15) is 40.2 Å². The number of imidazole rings is 1. The second-order valence-corrected chi connectivity index (χ2v) is 8.69. The first-order chi connectivity index (χ1) is 15.7. The van der Waals surface area contributed by atoms with Crippen LogP contribution in [-0.2, 0) is 11.3 Å². The van der Waals surface area contributed by atoms with Crippen LogP contribution in [-0.4, -0.2) is 45.7 Å². The number of pyridine rings is 1. The number of carbonyl (C=O) groups excluding carboxylic acids is 1. The van der Waals surface area contributed by atoms with Gasteiger partial charge in [0.2, 0.25) is 5.88 Å². The molecular weight excluding hydrogens is 426 g/mol. The molecule has 0 bridgehead atoms. The normalized spacial score (nSPS) is 14.5. The van der Waals surface area contributed by atoms with Gasteiger partial charge in [0, 0.05) is 43.9 Å². The Balaban J connectivity index is 1.37. The Labute approximate surface area is 189 Å². The fraction of sp³-hybridized carbons (Fsp3) is 0.304. The van der Waals surface area contributed by atoms with Crippen molar-refractivity contribution < 1.29 is 14.3 Å². The molecule has 0 radical (unpaired) electrons. The second kappa shape index (κ2) is 9.05. The van der Waals surface area contributed by atoms with E-state index in [4.69, 9.17) is 9.47 Å². The first-order valence-corrected chi connectivity index (χ1v) is 11.3. The van der Waals surface area contributed by atoms with Crippen LogP contribution in [0.2, 0.25) is 0 Å². The van der Waals surface area contributed by atoms with Gasteiger partial charge in [0.05, 0.1) is 18.1 Å². The molecule has 4 heterocycles. The molecule has 1 aliphatic heterocycles. The van der Waals surface area contributed by atoms with Crippen molar-refractivity contribution in [3.63, 3.8) is 0 Å². The summed E-state index contributed by atoms with van der Waals surface area (Å²) in [5.74, 6) is 0.644. The maximum atomic E-state index is 12.8. The second-order valence-electron chi connectivity index (χ2n) is 7.69. The van der Waals surface area contributed by atoms with Crippen molar-refractivity contribution in [2.45, 2.75) is 25.3 Å². The monoisotopic (exact) mass is 449 g/mol. The molecular formula is C23H23N5O3S. The molecule has 0 spiro atoms. The molecule has 32 heavy (non-hydrogen) atoms. The van der Waals surface area contributed by atoms with Gasteiger partial charge in [0.1, 0.15) is 5.52 Å². The van der Waals surface area contributed by atoms with E-state index in [1.54, 1.807) is 19.6 Å². The molecule has 8 nitrogen and oxygen atoms in total. The lowest BCUT2D eigenvalue weighted by Gasteiger charge is -2.22. The van der Waals surface area contributed by atoms with E-state index >= 15 is 0 Å². The third kappa shape index (κ3) is 4.21. The summed E-state index contributed by atoms with van der Waals surface area (Å²) < 4.78 is 13.9. The molecule has 1 N–H and O–H groups in total. The number of amides is 1. The lowest BCUT2D eigenvalue weighted by Crippen LogP contribution is -2.14. The summed E-state index contributed by atoms with van der Waals surface area (Å²) in [7, 11) is 1.58. The van der Waals surface area contributed by atoms with E-state index < -0.39 is 0 Å². The number of hydrogen-bond acceptors (Lipinski definition) is 7. The molecule has 1 saturated heterocycles. The molecule has 9 heteroatoms. The van der Waals surface area contributed by atoms with Crippen molar-refractivity contribution in [2.24, 2.45) is 0 Å². The van der Waals surface area contributed by atoms with Crippen molar-refractivity contribution in [1.29, 1.82) is 0 Å². The van der Waals surface area contributed by atoms with E-state index in [1.165, 1.54) is 11.3 Å². The standard InChI is InChI=1S/C23H23N5O3S/c1-30-22-19-20(18(12-25-22)16-6-10-31-11-7-16)32-23(26-19)27-21(29)17-4-2-15(3-5-17)13-28-9-8-24-14-28/h2-5,8-9,12,14,16H,6-7,10-11,13H2,1H3,(H,26,27,29). The van der Waals surface area contributed by atoms with E-state index in [0.717, 1.165) is 41.9 Å². The minimum atomic E-state index is -0.197. The number of rotatable bonds is 6. The molecule has 164 valence electrons. The highest BCUT2D eigenvalue weighted by Crippen LogP contribution is 2.39. The van der Waals surface area contributed by atoms with E-state index in [9.17, 15) is 4.79 Å². The highest BCUT2D eigenvalue weighted by Gasteiger charge is 2.23. The van der Waals surface area contributed by atoms with Gasteiger partial charge in [-0.1, -0.05) is 23.5 Å². The van der Waals surface area contributed by atoms with Crippen LogP contribution in [0.25, 0.3) is 10.2 Å². The summed E-state index contributed by atoms with van der Waals surface area (Å²) >= 11 is 1.46. The molecule has 4 aromatic rings. The number of fused-ring (bicyclic) bond motifs is 1. The van der Waals surface area contributed by atoms with Crippen LogP contribution in [0.4, 0.5) is 5.13 Å². The van der Waals surface area contributed by atoms with Gasteiger partial charge in [-0.15, -0.1) is 0 Å². The third-order valence-electron chi connectivity index (χ3n) is 5.63. The number of nitrogens with one attached hydrogen (secondary N) is 1. The molecule has 0 saturated carbocycles. The van der Waals surface area contributed by atoms with E-state index in [2.05, 4.69) is 20.3 Å². The minimum absolute atomic E-state index is 0.197. The number of benzene rings is 1. The molecule has 0 aliphatic carbocycles. The van der Waals surface area contributed by atoms with Crippen LogP contribution < -0.4 is 10.1 Å². The predicted octanol–water partition coefficient (Wildman–Crippen LogP) is 4.09. The van der Waals surface area contributed by atoms with Crippen molar-refractivity contribution in [1.82, 2.24) is 19.5 Å². The fourth-order valence-electron chi connectivity index (χ4n) is 3.93. The smallest absolute Gasteiger partial charge is 0.257 e. The molecule has 1 fully saturated rings. The number of carbonyl (C=O) groups is 1. The molecule has 0 unspecified atom stereocenters. The van der Waals surface area contributed by atoms with Crippen molar-refractivity contribution >= 4 is 32.6 Å². The van der Waals surface area contributed by atoms with Gasteiger partial charge < -0.3 is 14.0 Å². The van der Waals surface area contributed by atoms with Crippen molar-refractivity contribution in [3.05, 3.63) is 65.9 Å². The molecule has 3 aromatic heterocycles. The van der Waals surface area contributed by atoms with E-state index in [-0.39, 0.29) is 5.91 Å². The average molecular weight is 450 g/mol. The molecule has 1 aliphatic rings. The van der Waals surface area contributed by atoms with Crippen molar-refractivity contribution in [3.8, 4) is 5.88 Å². The zero-order valence-corrected chi connectivity index (χ0v) is 18.5. The van der Waals surface area contributed by atoms with Gasteiger partial charge in [-0.05, 0) is 42.0 Å². The van der Waals surface area contributed by atoms with Gasteiger partial charge in [-0.2, -0.15) is 0 Å². The Morgan fingerprint density at radius 1 is 1.28 bits per heavy atom. The summed E-state index contributed by atoms with van der Waals surface area (Å²) in [5.41, 5.74) is 3.50. The van der Waals surface area contributed by atoms with E-state index in [1.807, 2.05) is 41.2 Å². The summed E-state index contributed by atoms with van der Waals surface area (Å²) in [6.45, 7) is 2.20. The zero-order chi connectivity index (χ0) is 21.9. The number of ether oxygens (including phenoxy) is 2. The minimum Gasteiger partial charge on any atom is -0.479 e. The Kier molecular flexibility index (Phi) is 5.83. The van der Waals surface area contributed by atoms with Crippen LogP contribution in [0.3, 0.4) is 0 Å². The highest BCUT2D eigenvalue weighted by molar-refractivity contribution is 7.22. The number of thiazole rings is 1. The Bertz CT molecular complexity index is 1210. The lowest BCUT2D eigenvalue weighted by molar-refractivity contribution is 0.0855. The summed E-state index contributed by atoms with van der Waals surface area (Å²) in [6, 6.07) is 7.54. The van der Waals surface area contributed by atoms with Crippen LogP contribution in [0, 0.1) is 0 Å². The zero-order valence-electron chi connectivity index (χ0n) is 17.7. The Hall–Kier alpha value is -3.30. The first-order valence-electron chi connectivity index (χ1n) is 10.5. The Morgan fingerprint density at radius 3 is 2.81 bits per heavy atom. The maximum Gasteiger partial charge on any atom is 0.257 e. The molecule has 0 atom stereocenters. The predicted molar refractivity (Wildman–Crippen MR) is 122 cm³/mol. The fourth-order valence-corrected chi connectivity index (χ4v) is 4.97. The molecule has 5 rings (SSSR count). The van der Waals surface area contributed by atoms with Gasteiger partial charge >= 0.3 is 0 Å². The van der Waals surface area contributed by atoms with Crippen LogP contribution in [0.5, 0.6) is 5.88 Å². The van der Waals surface area contributed by atoms with Crippen LogP contribution in [0.15, 0.2) is 49.2 Å². The quantitative estimate of drug-likeness (QED) is 0.477. The third-order valence-corrected chi connectivity index (χ3v) is 6.65. The number of aromatic nitrogens is 4. The number of nitrogens with zero attached hydrogens (tertiary/aromatic N) is 4. The van der Waals surface area contributed by atoms with Crippen molar-refractivity contribution in [2.75, 3.05) is 25.6 Å². The highest BCUT2D eigenvalue weighted by atomic mass is 32.1. The number of hydrogen-bond donors (Lipinski definition) is 1. The van der Waals surface area contributed by atoms with Gasteiger partial charge in [0.15, 0.2) is 5.13 Å². The molecule has 1 amide bonds. The summed E-state index contributed by atoms with van der Waals surface area (Å²) in [6.07, 6.45) is 9.21. The van der Waals surface area contributed by atoms with Crippen LogP contribution >= 0.6 is 11.3 Å².